The van der Waals surface area contributed by atoms with Gasteiger partial charge in [-0.1, -0.05) is 17.7 Å². The molecular weight excluding hydrogens is 248 g/mol. The van der Waals surface area contributed by atoms with Crippen molar-refractivity contribution in [3.63, 3.8) is 0 Å². The number of hydrogen-bond donors (Lipinski definition) is 0. The third kappa shape index (κ3) is 3.10. The Morgan fingerprint density at radius 1 is 1.15 bits per heavy atom. The zero-order valence-corrected chi connectivity index (χ0v) is 12.1. The van der Waals surface area contributed by atoms with Crippen LogP contribution in [0.3, 0.4) is 0 Å². The van der Waals surface area contributed by atoms with Gasteiger partial charge in [-0.15, -0.1) is 0 Å². The fourth-order valence-electron chi connectivity index (χ4n) is 2.12. The lowest BCUT2D eigenvalue weighted by Crippen LogP contribution is -2.17. The van der Waals surface area contributed by atoms with Gasteiger partial charge in [0.25, 0.3) is 0 Å². The summed E-state index contributed by atoms with van der Waals surface area (Å²) in [6.07, 6.45) is 0. The third-order valence-corrected chi connectivity index (χ3v) is 3.29. The summed E-state index contributed by atoms with van der Waals surface area (Å²) in [6, 6.07) is 16.0. The number of nitriles is 1. The van der Waals surface area contributed by atoms with E-state index in [2.05, 4.69) is 42.2 Å². The van der Waals surface area contributed by atoms with Gasteiger partial charge in [-0.2, -0.15) is 5.26 Å². The molecule has 0 unspecified atom stereocenters. The molecule has 0 atom stereocenters. The number of aryl methyl sites for hydroxylation is 1. The highest BCUT2D eigenvalue weighted by Gasteiger charge is 2.08. The van der Waals surface area contributed by atoms with Crippen LogP contribution >= 0.6 is 0 Å². The van der Waals surface area contributed by atoms with Crippen LogP contribution in [0.4, 0.5) is 5.69 Å². The molecule has 0 spiro atoms. The van der Waals surface area contributed by atoms with Crippen molar-refractivity contribution in [3.8, 4) is 11.8 Å². The maximum Gasteiger partial charge on any atom is 0.123 e. The van der Waals surface area contributed by atoms with Gasteiger partial charge in [-0.3, -0.25) is 0 Å². The molecule has 0 aliphatic heterocycles. The lowest BCUT2D eigenvalue weighted by atomic mass is 10.1. The van der Waals surface area contributed by atoms with Crippen LogP contribution in [0.1, 0.15) is 16.7 Å². The summed E-state index contributed by atoms with van der Waals surface area (Å²) >= 11 is 0. The molecule has 0 saturated heterocycles. The summed E-state index contributed by atoms with van der Waals surface area (Å²) < 4.78 is 5.36. The van der Waals surface area contributed by atoms with Crippen LogP contribution in [-0.2, 0) is 6.54 Å². The number of nitrogens with zero attached hydrogens (tertiary/aromatic N) is 2. The van der Waals surface area contributed by atoms with Crippen molar-refractivity contribution in [3.05, 3.63) is 59.2 Å². The first-order valence-electron chi connectivity index (χ1n) is 6.49. The number of anilines is 1. The highest BCUT2D eigenvalue weighted by Crippen LogP contribution is 2.23. The minimum Gasteiger partial charge on any atom is -0.496 e. The molecule has 0 aromatic heterocycles. The third-order valence-electron chi connectivity index (χ3n) is 3.29. The summed E-state index contributed by atoms with van der Waals surface area (Å²) in [5, 5.41) is 9.00. The van der Waals surface area contributed by atoms with Gasteiger partial charge in [0.1, 0.15) is 5.75 Å². The zero-order valence-electron chi connectivity index (χ0n) is 12.1. The minimum atomic E-state index is 0.651. The second kappa shape index (κ2) is 6.12. The number of rotatable bonds is 4. The highest BCUT2D eigenvalue weighted by molar-refractivity contribution is 5.50. The quantitative estimate of drug-likeness (QED) is 0.849. The number of ether oxygens (including phenoxy) is 1. The largest absolute Gasteiger partial charge is 0.496 e. The SMILES string of the molecule is COc1ccc(C#N)cc1CN(C)c1ccc(C)cc1. The van der Waals surface area contributed by atoms with E-state index < -0.39 is 0 Å². The topological polar surface area (TPSA) is 36.3 Å². The molecule has 20 heavy (non-hydrogen) atoms. The van der Waals surface area contributed by atoms with Crippen LogP contribution in [0.2, 0.25) is 0 Å². The van der Waals surface area contributed by atoms with Crippen molar-refractivity contribution in [1.29, 1.82) is 5.26 Å². The van der Waals surface area contributed by atoms with Gasteiger partial charge in [0, 0.05) is 24.8 Å². The number of methoxy groups -OCH3 is 1. The minimum absolute atomic E-state index is 0.651. The first-order valence-corrected chi connectivity index (χ1v) is 6.49. The summed E-state index contributed by atoms with van der Waals surface area (Å²) in [7, 11) is 3.68. The summed E-state index contributed by atoms with van der Waals surface area (Å²) in [5.41, 5.74) is 4.04. The second-order valence-electron chi connectivity index (χ2n) is 4.83. The van der Waals surface area contributed by atoms with Crippen molar-refractivity contribution in [2.45, 2.75) is 13.5 Å². The fraction of sp³-hybridized carbons (Fsp3) is 0.235. The van der Waals surface area contributed by atoms with Gasteiger partial charge in [-0.25, -0.2) is 0 Å². The van der Waals surface area contributed by atoms with E-state index in [-0.39, 0.29) is 0 Å². The average molecular weight is 266 g/mol. The molecule has 2 rings (SSSR count). The van der Waals surface area contributed by atoms with Gasteiger partial charge < -0.3 is 9.64 Å². The Morgan fingerprint density at radius 3 is 2.45 bits per heavy atom. The van der Waals surface area contributed by atoms with E-state index in [9.17, 15) is 0 Å². The summed E-state index contributed by atoms with van der Waals surface area (Å²) in [6.45, 7) is 2.77. The Balaban J connectivity index is 2.24. The standard InChI is InChI=1S/C17H18N2O/c1-13-4-7-16(8-5-13)19(2)12-15-10-14(11-18)6-9-17(15)20-3/h4-10H,12H2,1-3H3. The molecule has 2 aromatic rings. The summed E-state index contributed by atoms with van der Waals surface area (Å²) in [5.74, 6) is 0.808. The van der Waals surface area contributed by atoms with Crippen LogP contribution in [-0.4, -0.2) is 14.2 Å². The van der Waals surface area contributed by atoms with Crippen LogP contribution in [0, 0.1) is 18.3 Å². The van der Waals surface area contributed by atoms with E-state index >= 15 is 0 Å². The first kappa shape index (κ1) is 14.0. The average Bonchev–Trinajstić information content (AvgIpc) is 2.47. The first-order chi connectivity index (χ1) is 9.63. The molecule has 2 aromatic carbocycles. The Labute approximate surface area is 120 Å². The smallest absolute Gasteiger partial charge is 0.123 e. The Hall–Kier alpha value is -2.47. The monoisotopic (exact) mass is 266 g/mol. The van der Waals surface area contributed by atoms with Gasteiger partial charge >= 0.3 is 0 Å². The molecular formula is C17H18N2O. The maximum absolute atomic E-state index is 9.00. The molecule has 0 aliphatic rings. The predicted octanol–water partition coefficient (Wildman–Crippen LogP) is 3.51. The maximum atomic E-state index is 9.00. The van der Waals surface area contributed by atoms with Gasteiger partial charge in [0.05, 0.1) is 18.7 Å². The van der Waals surface area contributed by atoms with Crippen molar-refractivity contribution in [2.75, 3.05) is 19.1 Å². The van der Waals surface area contributed by atoms with Crippen molar-refractivity contribution in [2.24, 2.45) is 0 Å². The fourth-order valence-corrected chi connectivity index (χ4v) is 2.12. The number of benzene rings is 2. The molecule has 0 aliphatic carbocycles. The Kier molecular flexibility index (Phi) is 4.27. The molecule has 3 nitrogen and oxygen atoms in total. The normalized spacial score (nSPS) is 9.90. The van der Waals surface area contributed by atoms with Crippen LogP contribution in [0.5, 0.6) is 5.75 Å². The molecule has 0 saturated carbocycles. The number of hydrogen-bond acceptors (Lipinski definition) is 3. The van der Waals surface area contributed by atoms with Crippen LogP contribution in [0.25, 0.3) is 0 Å². The van der Waals surface area contributed by atoms with Crippen molar-refractivity contribution >= 4 is 5.69 Å². The van der Waals surface area contributed by atoms with E-state index in [0.29, 0.717) is 12.1 Å². The lowest BCUT2D eigenvalue weighted by molar-refractivity contribution is 0.409. The van der Waals surface area contributed by atoms with Gasteiger partial charge in [-0.05, 0) is 37.3 Å². The van der Waals surface area contributed by atoms with E-state index in [1.54, 1.807) is 13.2 Å². The van der Waals surface area contributed by atoms with E-state index in [4.69, 9.17) is 10.00 Å². The molecule has 0 amide bonds. The van der Waals surface area contributed by atoms with Crippen LogP contribution in [0.15, 0.2) is 42.5 Å². The zero-order chi connectivity index (χ0) is 14.5. The van der Waals surface area contributed by atoms with Crippen molar-refractivity contribution in [1.82, 2.24) is 0 Å². The molecule has 102 valence electrons. The van der Waals surface area contributed by atoms with Crippen molar-refractivity contribution < 1.29 is 4.74 Å². The van der Waals surface area contributed by atoms with E-state index in [1.807, 2.05) is 19.2 Å². The molecule has 0 heterocycles. The molecule has 0 radical (unpaired) electrons. The Bertz CT molecular complexity index is 626. The molecule has 0 N–H and O–H groups in total. The molecule has 0 fully saturated rings. The van der Waals surface area contributed by atoms with Crippen LogP contribution < -0.4 is 9.64 Å². The van der Waals surface area contributed by atoms with E-state index in [0.717, 1.165) is 17.0 Å². The highest BCUT2D eigenvalue weighted by atomic mass is 16.5. The van der Waals surface area contributed by atoms with E-state index in [1.165, 1.54) is 5.56 Å². The second-order valence-corrected chi connectivity index (χ2v) is 4.83. The summed E-state index contributed by atoms with van der Waals surface area (Å²) in [4.78, 5) is 2.14. The predicted molar refractivity (Wildman–Crippen MR) is 81.0 cm³/mol. The lowest BCUT2D eigenvalue weighted by Gasteiger charge is -2.21. The molecule has 0 bridgehead atoms. The molecule has 3 heteroatoms. The Morgan fingerprint density at radius 2 is 1.85 bits per heavy atom. The van der Waals surface area contributed by atoms with Gasteiger partial charge in [0.15, 0.2) is 0 Å². The van der Waals surface area contributed by atoms with Gasteiger partial charge in [0.2, 0.25) is 0 Å².